The molecular formula is C17H32IN5. The van der Waals surface area contributed by atoms with Crippen LogP contribution in [0.1, 0.15) is 25.5 Å². The number of aliphatic imine (C=N–C) groups is 1. The van der Waals surface area contributed by atoms with Gasteiger partial charge < -0.3 is 19.7 Å². The molecule has 2 rings (SSSR count). The Morgan fingerprint density at radius 3 is 2.87 bits per heavy atom. The highest BCUT2D eigenvalue weighted by Gasteiger charge is 2.16. The molecule has 1 aliphatic heterocycles. The molecule has 0 aliphatic carbocycles. The van der Waals surface area contributed by atoms with Gasteiger partial charge in [0.15, 0.2) is 5.96 Å². The first-order chi connectivity index (χ1) is 10.6. The van der Waals surface area contributed by atoms with Crippen molar-refractivity contribution in [2.45, 2.75) is 26.3 Å². The number of nitrogens with zero attached hydrogens (tertiary/aromatic N) is 4. The zero-order valence-electron chi connectivity index (χ0n) is 15.0. The van der Waals surface area contributed by atoms with E-state index in [1.807, 2.05) is 7.05 Å². The molecule has 1 aromatic rings. The summed E-state index contributed by atoms with van der Waals surface area (Å²) in [4.78, 5) is 9.14. The average Bonchev–Trinajstić information content (AvgIpc) is 2.89. The maximum Gasteiger partial charge on any atom is 0.193 e. The molecule has 1 atom stereocenters. The Bertz CT molecular complexity index is 485. The molecule has 1 aromatic heterocycles. The topological polar surface area (TPSA) is 35.8 Å². The predicted molar refractivity (Wildman–Crippen MR) is 108 cm³/mol. The largest absolute Gasteiger partial charge is 0.355 e. The summed E-state index contributed by atoms with van der Waals surface area (Å²) in [7, 11) is 6.02. The minimum atomic E-state index is 0. The molecule has 1 unspecified atom stereocenters. The van der Waals surface area contributed by atoms with E-state index in [1.54, 1.807) is 0 Å². The van der Waals surface area contributed by atoms with Crippen molar-refractivity contribution in [3.63, 3.8) is 0 Å². The van der Waals surface area contributed by atoms with Gasteiger partial charge in [-0.3, -0.25) is 4.99 Å². The minimum Gasteiger partial charge on any atom is -0.355 e. The first-order valence-electron chi connectivity index (χ1n) is 8.34. The van der Waals surface area contributed by atoms with Crippen molar-refractivity contribution in [1.82, 2.24) is 19.7 Å². The van der Waals surface area contributed by atoms with Crippen LogP contribution in [-0.2, 0) is 13.6 Å². The molecule has 0 aromatic carbocycles. The summed E-state index contributed by atoms with van der Waals surface area (Å²) in [5.41, 5.74) is 1.29. The number of aryl methyl sites for hydroxylation is 1. The van der Waals surface area contributed by atoms with E-state index in [9.17, 15) is 0 Å². The zero-order valence-corrected chi connectivity index (χ0v) is 17.3. The number of rotatable bonds is 5. The van der Waals surface area contributed by atoms with E-state index < -0.39 is 0 Å². The average molecular weight is 433 g/mol. The van der Waals surface area contributed by atoms with Gasteiger partial charge in [-0.1, -0.05) is 6.92 Å². The summed E-state index contributed by atoms with van der Waals surface area (Å²) in [6.07, 6.45) is 4.80. The molecule has 23 heavy (non-hydrogen) atoms. The summed E-state index contributed by atoms with van der Waals surface area (Å²) in [6, 6.07) is 4.23. The fourth-order valence-corrected chi connectivity index (χ4v) is 3.18. The molecule has 0 spiro atoms. The van der Waals surface area contributed by atoms with Gasteiger partial charge in [0.25, 0.3) is 0 Å². The van der Waals surface area contributed by atoms with Crippen LogP contribution in [0.4, 0.5) is 0 Å². The van der Waals surface area contributed by atoms with E-state index >= 15 is 0 Å². The normalized spacial score (nSPS) is 19.3. The van der Waals surface area contributed by atoms with Gasteiger partial charge in [-0.15, -0.1) is 24.0 Å². The third kappa shape index (κ3) is 6.33. The van der Waals surface area contributed by atoms with Crippen molar-refractivity contribution in [3.8, 4) is 0 Å². The minimum absolute atomic E-state index is 0. The molecule has 0 saturated carbocycles. The van der Waals surface area contributed by atoms with Crippen LogP contribution >= 0.6 is 24.0 Å². The number of piperidine rings is 1. The fourth-order valence-electron chi connectivity index (χ4n) is 3.18. The summed E-state index contributed by atoms with van der Waals surface area (Å²) in [5.74, 6) is 1.80. The smallest absolute Gasteiger partial charge is 0.193 e. The summed E-state index contributed by atoms with van der Waals surface area (Å²) >= 11 is 0. The van der Waals surface area contributed by atoms with Crippen molar-refractivity contribution >= 4 is 29.9 Å². The molecule has 1 aliphatic rings. The zero-order chi connectivity index (χ0) is 15.9. The van der Waals surface area contributed by atoms with Crippen molar-refractivity contribution in [1.29, 1.82) is 0 Å². The molecule has 1 N–H and O–H groups in total. The van der Waals surface area contributed by atoms with Gasteiger partial charge in [-0.25, -0.2) is 0 Å². The Labute approximate surface area is 158 Å². The van der Waals surface area contributed by atoms with Crippen LogP contribution < -0.4 is 5.32 Å². The van der Waals surface area contributed by atoms with Crippen molar-refractivity contribution < 1.29 is 0 Å². The molecule has 6 heteroatoms. The lowest BCUT2D eigenvalue weighted by Crippen LogP contribution is -2.44. The van der Waals surface area contributed by atoms with Gasteiger partial charge in [0.2, 0.25) is 0 Å². The summed E-state index contributed by atoms with van der Waals surface area (Å²) in [6.45, 7) is 7.75. The Morgan fingerprint density at radius 1 is 1.48 bits per heavy atom. The van der Waals surface area contributed by atoms with Crippen LogP contribution in [0, 0.1) is 5.92 Å². The highest BCUT2D eigenvalue weighted by Crippen LogP contribution is 2.14. The van der Waals surface area contributed by atoms with E-state index in [-0.39, 0.29) is 24.0 Å². The second-order valence-corrected chi connectivity index (χ2v) is 6.49. The Balaban J connectivity index is 0.00000264. The SMILES string of the molecule is CN=C(NCCN1CCCC(C)C1)N(C)Cc1cccn1C.I. The van der Waals surface area contributed by atoms with E-state index in [1.165, 1.54) is 31.6 Å². The van der Waals surface area contributed by atoms with Gasteiger partial charge in [-0.05, 0) is 37.4 Å². The number of likely N-dealkylation sites (tertiary alicyclic amines) is 1. The predicted octanol–water partition coefficient (Wildman–Crippen LogP) is 2.38. The number of hydrogen-bond donors (Lipinski definition) is 1. The monoisotopic (exact) mass is 433 g/mol. The molecule has 132 valence electrons. The van der Waals surface area contributed by atoms with Crippen LogP contribution in [0.15, 0.2) is 23.3 Å². The number of hydrogen-bond acceptors (Lipinski definition) is 2. The highest BCUT2D eigenvalue weighted by atomic mass is 127. The van der Waals surface area contributed by atoms with Crippen LogP contribution in [0.3, 0.4) is 0 Å². The Kier molecular flexibility index (Phi) is 8.98. The molecule has 0 amide bonds. The van der Waals surface area contributed by atoms with Crippen LogP contribution in [0.2, 0.25) is 0 Å². The number of guanidine groups is 1. The second kappa shape index (κ2) is 10.2. The lowest BCUT2D eigenvalue weighted by molar-refractivity contribution is 0.186. The van der Waals surface area contributed by atoms with Gasteiger partial charge in [0.05, 0.1) is 6.54 Å². The Hall–Kier alpha value is -0.760. The molecule has 1 saturated heterocycles. The summed E-state index contributed by atoms with van der Waals surface area (Å²) in [5, 5.41) is 3.49. The van der Waals surface area contributed by atoms with Gasteiger partial charge in [-0.2, -0.15) is 0 Å². The maximum atomic E-state index is 4.40. The Morgan fingerprint density at radius 2 is 2.26 bits per heavy atom. The van der Waals surface area contributed by atoms with Crippen LogP contribution in [0.5, 0.6) is 0 Å². The standard InChI is InChI=1S/C17H31N5.HI/c1-15-7-5-11-22(13-15)12-9-19-17(18-2)21(4)14-16-8-6-10-20(16)3;/h6,8,10,15H,5,7,9,11-14H2,1-4H3,(H,18,19);1H. The third-order valence-electron chi connectivity index (χ3n) is 4.48. The second-order valence-electron chi connectivity index (χ2n) is 6.49. The third-order valence-corrected chi connectivity index (χ3v) is 4.48. The van der Waals surface area contributed by atoms with Gasteiger partial charge in [0, 0.05) is 52.7 Å². The van der Waals surface area contributed by atoms with Gasteiger partial charge in [0.1, 0.15) is 0 Å². The fraction of sp³-hybridized carbons (Fsp3) is 0.706. The van der Waals surface area contributed by atoms with Gasteiger partial charge >= 0.3 is 0 Å². The van der Waals surface area contributed by atoms with Crippen molar-refractivity contribution in [2.24, 2.45) is 18.0 Å². The molecule has 2 heterocycles. The quantitative estimate of drug-likeness (QED) is 0.440. The summed E-state index contributed by atoms with van der Waals surface area (Å²) < 4.78 is 2.15. The molecule has 5 nitrogen and oxygen atoms in total. The van der Waals surface area contributed by atoms with Crippen molar-refractivity contribution in [3.05, 3.63) is 24.0 Å². The van der Waals surface area contributed by atoms with Crippen molar-refractivity contribution in [2.75, 3.05) is 40.3 Å². The number of nitrogens with one attached hydrogen (secondary N) is 1. The molecule has 0 radical (unpaired) electrons. The lowest BCUT2D eigenvalue weighted by Gasteiger charge is -2.31. The number of halogens is 1. The maximum absolute atomic E-state index is 4.40. The van der Waals surface area contributed by atoms with Crippen LogP contribution in [0.25, 0.3) is 0 Å². The lowest BCUT2D eigenvalue weighted by atomic mass is 10.0. The van der Waals surface area contributed by atoms with E-state index in [0.29, 0.717) is 0 Å². The van der Waals surface area contributed by atoms with E-state index in [0.717, 1.165) is 31.5 Å². The molecule has 1 fully saturated rings. The first kappa shape index (κ1) is 20.3. The highest BCUT2D eigenvalue weighted by molar-refractivity contribution is 14.0. The molecular weight excluding hydrogens is 401 g/mol. The van der Waals surface area contributed by atoms with Crippen LogP contribution in [-0.4, -0.2) is 60.6 Å². The first-order valence-corrected chi connectivity index (χ1v) is 8.34. The number of aromatic nitrogens is 1. The molecule has 0 bridgehead atoms. The van der Waals surface area contributed by atoms with E-state index in [4.69, 9.17) is 0 Å². The van der Waals surface area contributed by atoms with E-state index in [2.05, 4.69) is 64.0 Å².